The van der Waals surface area contributed by atoms with Gasteiger partial charge in [-0.3, -0.25) is 4.79 Å². The van der Waals surface area contributed by atoms with Crippen molar-refractivity contribution in [2.24, 2.45) is 5.41 Å². The van der Waals surface area contributed by atoms with Crippen molar-refractivity contribution in [1.82, 2.24) is 14.5 Å². The van der Waals surface area contributed by atoms with Crippen LogP contribution >= 0.6 is 11.8 Å². The maximum Gasteiger partial charge on any atom is 0.165 e. The number of fused-ring (bicyclic) bond motifs is 2. The van der Waals surface area contributed by atoms with Gasteiger partial charge in [-0.25, -0.2) is 9.97 Å². The van der Waals surface area contributed by atoms with Gasteiger partial charge in [-0.2, -0.15) is 0 Å². The smallest absolute Gasteiger partial charge is 0.165 e. The fraction of sp³-hybridized carbons (Fsp3) is 0.409. The van der Waals surface area contributed by atoms with Crippen LogP contribution in [0.3, 0.4) is 0 Å². The average molecular weight is 395 g/mol. The Morgan fingerprint density at radius 3 is 2.68 bits per heavy atom. The predicted molar refractivity (Wildman–Crippen MR) is 115 cm³/mol. The number of carbonyl (C=O) groups is 1. The molecule has 146 valence electrons. The van der Waals surface area contributed by atoms with Crippen LogP contribution in [-0.2, 0) is 6.42 Å². The van der Waals surface area contributed by atoms with Gasteiger partial charge in [0.15, 0.2) is 5.78 Å². The van der Waals surface area contributed by atoms with Crippen molar-refractivity contribution < 1.29 is 4.79 Å². The van der Waals surface area contributed by atoms with Gasteiger partial charge in [0.1, 0.15) is 12.1 Å². The highest BCUT2D eigenvalue weighted by Crippen LogP contribution is 2.41. The molecule has 0 fully saturated rings. The van der Waals surface area contributed by atoms with Crippen LogP contribution in [0.2, 0.25) is 0 Å². The van der Waals surface area contributed by atoms with E-state index in [2.05, 4.69) is 54.5 Å². The summed E-state index contributed by atoms with van der Waals surface area (Å²) in [6, 6.07) is 4.07. The number of nitrogen functional groups attached to an aromatic ring is 1. The molecule has 28 heavy (non-hydrogen) atoms. The van der Waals surface area contributed by atoms with Crippen LogP contribution in [0.25, 0.3) is 16.6 Å². The lowest BCUT2D eigenvalue weighted by molar-refractivity contribution is 0.0910. The highest BCUT2D eigenvalue weighted by molar-refractivity contribution is 8.00. The molecule has 0 atom stereocenters. The predicted octanol–water partition coefficient (Wildman–Crippen LogP) is 4.97. The summed E-state index contributed by atoms with van der Waals surface area (Å²) < 4.78 is 2.20. The number of anilines is 1. The number of nitrogens with two attached hydrogens (primary N) is 1. The summed E-state index contributed by atoms with van der Waals surface area (Å²) in [7, 11) is 0. The third-order valence-corrected chi connectivity index (χ3v) is 6.35. The largest absolute Gasteiger partial charge is 0.383 e. The van der Waals surface area contributed by atoms with Gasteiger partial charge >= 0.3 is 0 Å². The van der Waals surface area contributed by atoms with Crippen molar-refractivity contribution in [2.45, 2.75) is 57.6 Å². The Balaban J connectivity index is 2.01. The monoisotopic (exact) mass is 394 g/mol. The van der Waals surface area contributed by atoms with Crippen molar-refractivity contribution >= 4 is 34.3 Å². The van der Waals surface area contributed by atoms with Crippen molar-refractivity contribution in [2.75, 3.05) is 5.73 Å². The molecular formula is C22H26N4OS. The normalized spacial score (nSPS) is 16.0. The van der Waals surface area contributed by atoms with E-state index in [-0.39, 0.29) is 11.2 Å². The van der Waals surface area contributed by atoms with Crippen molar-refractivity contribution in [3.8, 4) is 5.69 Å². The Bertz CT molecular complexity index is 1100. The minimum atomic E-state index is -0.0403. The second kappa shape index (κ2) is 6.62. The van der Waals surface area contributed by atoms with Gasteiger partial charge in [0, 0.05) is 34.5 Å². The lowest BCUT2D eigenvalue weighted by atomic mass is 9.75. The first-order chi connectivity index (χ1) is 13.2. The highest BCUT2D eigenvalue weighted by atomic mass is 32.2. The molecule has 0 spiro atoms. The van der Waals surface area contributed by atoms with Gasteiger partial charge in [0.25, 0.3) is 0 Å². The zero-order chi connectivity index (χ0) is 20.2. The lowest BCUT2D eigenvalue weighted by Gasteiger charge is -2.30. The third-order valence-electron chi connectivity index (χ3n) is 5.24. The quantitative estimate of drug-likeness (QED) is 0.635. The molecule has 2 N–H and O–H groups in total. The number of Topliss-reactive ketones (excluding diaryl/α,β-unsaturated/α-hetero) is 1. The van der Waals surface area contributed by atoms with Crippen molar-refractivity contribution in [1.29, 1.82) is 0 Å². The molecule has 3 aromatic rings. The standard InChI is InChI=1S/C22H26N4OS/c1-12(2)28-20-15(7-6-14-19(20)24-11-25-21(14)23)26-10-13(3)18-16(26)8-22(4,5)9-17(18)27/h6-7,10-12H,8-9H2,1-5H3,(H2,23,24,25). The molecule has 0 bridgehead atoms. The highest BCUT2D eigenvalue weighted by Gasteiger charge is 2.35. The molecule has 1 aromatic carbocycles. The summed E-state index contributed by atoms with van der Waals surface area (Å²) in [5.74, 6) is 0.733. The first kappa shape index (κ1) is 19.0. The summed E-state index contributed by atoms with van der Waals surface area (Å²) in [5, 5.41) is 1.25. The molecule has 2 aromatic heterocycles. The minimum absolute atomic E-state index is 0.0403. The number of thioether (sulfide) groups is 1. The van der Waals surface area contributed by atoms with Gasteiger partial charge in [0.05, 0.1) is 16.1 Å². The van der Waals surface area contributed by atoms with Crippen LogP contribution in [0.4, 0.5) is 5.82 Å². The van der Waals surface area contributed by atoms with Gasteiger partial charge in [-0.1, -0.05) is 27.7 Å². The molecule has 0 aliphatic heterocycles. The molecule has 0 saturated carbocycles. The van der Waals surface area contributed by atoms with E-state index in [0.29, 0.717) is 17.5 Å². The van der Waals surface area contributed by atoms with Gasteiger partial charge < -0.3 is 10.3 Å². The molecule has 0 amide bonds. The summed E-state index contributed by atoms with van der Waals surface area (Å²) >= 11 is 1.77. The number of ketones is 1. The molecule has 0 unspecified atom stereocenters. The molecule has 6 heteroatoms. The molecule has 0 radical (unpaired) electrons. The second-order valence-corrected chi connectivity index (χ2v) is 10.3. The molecule has 1 aliphatic carbocycles. The van der Waals surface area contributed by atoms with Crippen molar-refractivity contribution in [3.63, 3.8) is 0 Å². The van der Waals surface area contributed by atoms with Crippen LogP contribution in [-0.4, -0.2) is 25.6 Å². The molecule has 4 rings (SSSR count). The van der Waals surface area contributed by atoms with Gasteiger partial charge in [-0.05, 0) is 36.5 Å². The van der Waals surface area contributed by atoms with Gasteiger partial charge in [-0.15, -0.1) is 11.8 Å². The Morgan fingerprint density at radius 1 is 1.21 bits per heavy atom. The fourth-order valence-corrected chi connectivity index (χ4v) is 5.18. The van der Waals surface area contributed by atoms with Gasteiger partial charge in [0.2, 0.25) is 0 Å². The number of carbonyl (C=O) groups excluding carboxylic acids is 1. The van der Waals surface area contributed by atoms with E-state index in [0.717, 1.165) is 44.7 Å². The Morgan fingerprint density at radius 2 is 1.96 bits per heavy atom. The number of aryl methyl sites for hydroxylation is 1. The maximum atomic E-state index is 12.8. The molecule has 1 aliphatic rings. The number of hydrogen-bond donors (Lipinski definition) is 1. The van der Waals surface area contributed by atoms with E-state index in [4.69, 9.17) is 5.73 Å². The van der Waals surface area contributed by atoms with Crippen LogP contribution in [0.5, 0.6) is 0 Å². The molecular weight excluding hydrogens is 368 g/mol. The molecule has 2 heterocycles. The van der Waals surface area contributed by atoms with Crippen LogP contribution in [0.15, 0.2) is 29.6 Å². The van der Waals surface area contributed by atoms with Crippen LogP contribution < -0.4 is 5.73 Å². The van der Waals surface area contributed by atoms with E-state index in [1.807, 2.05) is 13.0 Å². The number of aromatic nitrogens is 3. The lowest BCUT2D eigenvalue weighted by Crippen LogP contribution is -2.28. The third kappa shape index (κ3) is 3.09. The minimum Gasteiger partial charge on any atom is -0.383 e. The fourth-order valence-electron chi connectivity index (χ4n) is 4.15. The van der Waals surface area contributed by atoms with Crippen LogP contribution in [0.1, 0.15) is 55.7 Å². The number of nitrogens with zero attached hydrogens (tertiary/aromatic N) is 3. The number of hydrogen-bond acceptors (Lipinski definition) is 5. The zero-order valence-electron chi connectivity index (χ0n) is 17.0. The SMILES string of the molecule is Cc1cn(-c2ccc3c(N)ncnc3c2SC(C)C)c2c1C(=O)CC(C)(C)C2. The Kier molecular flexibility index (Phi) is 4.49. The van der Waals surface area contributed by atoms with E-state index in [1.54, 1.807) is 11.8 Å². The number of rotatable bonds is 3. The summed E-state index contributed by atoms with van der Waals surface area (Å²) in [6.07, 6.45) is 5.09. The average Bonchev–Trinajstić information content (AvgIpc) is 2.90. The van der Waals surface area contributed by atoms with E-state index in [9.17, 15) is 4.79 Å². The summed E-state index contributed by atoms with van der Waals surface area (Å²) in [5.41, 5.74) is 11.0. The molecule has 0 saturated heterocycles. The zero-order valence-corrected chi connectivity index (χ0v) is 17.9. The number of benzene rings is 1. The van der Waals surface area contributed by atoms with E-state index >= 15 is 0 Å². The topological polar surface area (TPSA) is 73.8 Å². The van der Waals surface area contributed by atoms with E-state index in [1.165, 1.54) is 6.33 Å². The first-order valence-electron chi connectivity index (χ1n) is 9.62. The molecule has 5 nitrogen and oxygen atoms in total. The van der Waals surface area contributed by atoms with Crippen LogP contribution in [0, 0.1) is 12.3 Å². The van der Waals surface area contributed by atoms with Crippen molar-refractivity contribution in [3.05, 3.63) is 41.5 Å². The Hall–Kier alpha value is -2.34. The summed E-state index contributed by atoms with van der Waals surface area (Å²) in [4.78, 5) is 22.6. The Labute approximate surface area is 169 Å². The summed E-state index contributed by atoms with van der Waals surface area (Å²) in [6.45, 7) is 10.7. The first-order valence-corrected chi connectivity index (χ1v) is 10.5. The van der Waals surface area contributed by atoms with E-state index < -0.39 is 0 Å². The maximum absolute atomic E-state index is 12.8. The second-order valence-electron chi connectivity index (χ2n) is 8.68.